The summed E-state index contributed by atoms with van der Waals surface area (Å²) in [7, 11) is -3.72. The fourth-order valence-electron chi connectivity index (χ4n) is 2.17. The lowest BCUT2D eigenvalue weighted by Gasteiger charge is -2.22. The second kappa shape index (κ2) is 10.2. The molecule has 0 aliphatic carbocycles. The Morgan fingerprint density at radius 1 is 1.29 bits per heavy atom. The summed E-state index contributed by atoms with van der Waals surface area (Å²) in [6.07, 6.45) is 3.75. The zero-order valence-electron chi connectivity index (χ0n) is 13.4. The van der Waals surface area contributed by atoms with Crippen LogP contribution in [0, 0.1) is 5.82 Å². The quantitative estimate of drug-likeness (QED) is 0.293. The Morgan fingerprint density at radius 3 is 2.54 bits per heavy atom. The minimum atomic E-state index is -3.72. The van der Waals surface area contributed by atoms with Crippen LogP contribution < -0.4 is 5.73 Å². The first-order valence-electron chi connectivity index (χ1n) is 7.57. The third-order valence-electron chi connectivity index (χ3n) is 3.44. The average molecular weight is 504 g/mol. The predicted octanol–water partition coefficient (Wildman–Crippen LogP) is 4.35. The Balaban J connectivity index is 2.95. The summed E-state index contributed by atoms with van der Waals surface area (Å²) >= 11 is 11.1. The minimum absolute atomic E-state index is 0.0247. The molecule has 0 aromatic heterocycles. The second-order valence-corrected chi connectivity index (χ2v) is 9.59. The third kappa shape index (κ3) is 6.67. The lowest BCUT2D eigenvalue weighted by molar-refractivity contribution is 0.432. The first kappa shape index (κ1) is 22.0. The van der Waals surface area contributed by atoms with Crippen LogP contribution in [0.3, 0.4) is 0 Å². The molecule has 2 N–H and O–H groups in total. The van der Waals surface area contributed by atoms with Gasteiger partial charge in [-0.05, 0) is 44.3 Å². The Labute approximate surface area is 165 Å². The van der Waals surface area contributed by atoms with Crippen LogP contribution in [0.4, 0.5) is 4.39 Å². The fraction of sp³-hybridized carbons (Fsp3) is 0.533. The smallest absolute Gasteiger partial charge is 0.218 e. The molecule has 0 atom stereocenters. The van der Waals surface area contributed by atoms with Crippen molar-refractivity contribution in [2.24, 2.45) is 5.73 Å². The van der Waals surface area contributed by atoms with Crippen LogP contribution in [0.2, 0.25) is 0 Å². The van der Waals surface area contributed by atoms with E-state index in [1.807, 2.05) is 0 Å². The topological polar surface area (TPSA) is 63.4 Å². The van der Waals surface area contributed by atoms with Gasteiger partial charge in [0.15, 0.2) is 0 Å². The summed E-state index contributed by atoms with van der Waals surface area (Å²) in [6, 6.07) is 3.06. The molecule has 1 rings (SSSR count). The van der Waals surface area contributed by atoms with Gasteiger partial charge in [0.25, 0.3) is 0 Å². The number of nitrogens with zero attached hydrogens (tertiary/aromatic N) is 1. The van der Waals surface area contributed by atoms with Crippen molar-refractivity contribution in [3.63, 3.8) is 0 Å². The number of nitrogens with two attached hydrogens (primary N) is 1. The molecule has 24 heavy (non-hydrogen) atoms. The highest BCUT2D eigenvalue weighted by Crippen LogP contribution is 2.29. The zero-order chi connectivity index (χ0) is 18.3. The van der Waals surface area contributed by atoms with Crippen molar-refractivity contribution >= 4 is 59.1 Å². The number of hydrogen-bond donors (Lipinski definition) is 1. The van der Waals surface area contributed by atoms with Crippen LogP contribution in [-0.2, 0) is 15.8 Å². The Bertz CT molecular complexity index is 684. The molecule has 0 spiro atoms. The van der Waals surface area contributed by atoms with Crippen molar-refractivity contribution in [1.82, 2.24) is 4.31 Å². The van der Waals surface area contributed by atoms with Crippen molar-refractivity contribution < 1.29 is 12.8 Å². The molecule has 1 aromatic carbocycles. The molecule has 0 aliphatic heterocycles. The van der Waals surface area contributed by atoms with E-state index in [1.165, 1.54) is 10.4 Å². The molecular formula is C15H21Br2FN2O2S2. The molecule has 0 fully saturated rings. The predicted molar refractivity (Wildman–Crippen MR) is 107 cm³/mol. The highest BCUT2D eigenvalue weighted by molar-refractivity contribution is 9.13. The van der Waals surface area contributed by atoms with Gasteiger partial charge in [0.1, 0.15) is 5.82 Å². The molecule has 0 aliphatic rings. The Kier molecular flexibility index (Phi) is 9.29. The third-order valence-corrected chi connectivity index (χ3v) is 7.31. The van der Waals surface area contributed by atoms with E-state index in [1.54, 1.807) is 6.07 Å². The average Bonchev–Trinajstić information content (AvgIpc) is 2.50. The van der Waals surface area contributed by atoms with Crippen LogP contribution in [0.1, 0.15) is 38.2 Å². The highest BCUT2D eigenvalue weighted by Gasteiger charge is 2.25. The molecule has 0 unspecified atom stereocenters. The van der Waals surface area contributed by atoms with Gasteiger partial charge in [0.2, 0.25) is 10.0 Å². The van der Waals surface area contributed by atoms with Gasteiger partial charge in [-0.15, -0.1) is 0 Å². The molecule has 1 aromatic rings. The summed E-state index contributed by atoms with van der Waals surface area (Å²) < 4.78 is 41.6. The summed E-state index contributed by atoms with van der Waals surface area (Å²) in [5.74, 6) is -1.02. The first-order valence-corrected chi connectivity index (χ1v) is 11.2. The number of hydrogen-bond acceptors (Lipinski definition) is 3. The van der Waals surface area contributed by atoms with E-state index in [4.69, 9.17) is 18.0 Å². The Morgan fingerprint density at radius 2 is 1.96 bits per heavy atom. The van der Waals surface area contributed by atoms with Crippen LogP contribution in [0.15, 0.2) is 21.1 Å². The fourth-order valence-corrected chi connectivity index (χ4v) is 4.64. The van der Waals surface area contributed by atoms with Crippen molar-refractivity contribution in [2.45, 2.75) is 38.4 Å². The van der Waals surface area contributed by atoms with E-state index in [9.17, 15) is 12.8 Å². The lowest BCUT2D eigenvalue weighted by Crippen LogP contribution is -2.39. The maximum Gasteiger partial charge on any atom is 0.218 e. The monoisotopic (exact) mass is 502 g/mol. The van der Waals surface area contributed by atoms with E-state index < -0.39 is 21.6 Å². The van der Waals surface area contributed by atoms with Gasteiger partial charge in [-0.2, -0.15) is 4.31 Å². The second-order valence-electron chi connectivity index (χ2n) is 5.45. The highest BCUT2D eigenvalue weighted by atomic mass is 79.9. The zero-order valence-corrected chi connectivity index (χ0v) is 18.2. The summed E-state index contributed by atoms with van der Waals surface area (Å²) in [5.41, 5.74) is 5.63. The van der Waals surface area contributed by atoms with E-state index >= 15 is 0 Å². The summed E-state index contributed by atoms with van der Waals surface area (Å²) in [6.45, 7) is 2.39. The molecule has 4 nitrogen and oxygen atoms in total. The number of rotatable bonds is 10. The molecule has 0 bridgehead atoms. The van der Waals surface area contributed by atoms with Crippen LogP contribution in [0.25, 0.3) is 0 Å². The van der Waals surface area contributed by atoms with E-state index in [-0.39, 0.29) is 21.6 Å². The molecular weight excluding hydrogens is 483 g/mol. The van der Waals surface area contributed by atoms with Crippen LogP contribution >= 0.6 is 44.1 Å². The minimum Gasteiger partial charge on any atom is -0.392 e. The molecule has 0 amide bonds. The molecule has 0 radical (unpaired) electrons. The van der Waals surface area contributed by atoms with Crippen LogP contribution in [0.5, 0.6) is 0 Å². The van der Waals surface area contributed by atoms with Gasteiger partial charge in [0, 0.05) is 16.6 Å². The van der Waals surface area contributed by atoms with Crippen molar-refractivity contribution in [3.05, 3.63) is 32.5 Å². The van der Waals surface area contributed by atoms with Crippen molar-refractivity contribution in [3.8, 4) is 0 Å². The first-order chi connectivity index (χ1) is 11.2. The molecule has 0 saturated carbocycles. The number of sulfonamides is 1. The van der Waals surface area contributed by atoms with Crippen LogP contribution in [-0.4, -0.2) is 30.8 Å². The molecule has 0 saturated heterocycles. The normalized spacial score (nSPS) is 11.9. The lowest BCUT2D eigenvalue weighted by atomic mass is 10.2. The van der Waals surface area contributed by atoms with E-state index in [0.717, 1.165) is 25.7 Å². The van der Waals surface area contributed by atoms with Gasteiger partial charge >= 0.3 is 0 Å². The number of halogens is 3. The standard InChI is InChI=1S/C15H21Br2FN2O2S2/c1-2-3-4-5-8-20(9-13(19)23)24(21,22)10-11-6-7-12(16)14(17)15(11)18/h6-7H,2-5,8-10H2,1H3,(H2,19,23). The number of thiocarbonyl (C=S) groups is 1. The molecule has 0 heterocycles. The number of benzene rings is 1. The van der Waals surface area contributed by atoms with E-state index in [0.29, 0.717) is 11.0 Å². The number of unbranched alkanes of at least 4 members (excludes halogenated alkanes) is 3. The molecule has 136 valence electrons. The van der Waals surface area contributed by atoms with Gasteiger partial charge in [-0.25, -0.2) is 12.8 Å². The Hall–Kier alpha value is -0.0900. The maximum atomic E-state index is 14.3. The van der Waals surface area contributed by atoms with Gasteiger partial charge in [0.05, 0.1) is 21.8 Å². The van der Waals surface area contributed by atoms with Crippen molar-refractivity contribution in [1.29, 1.82) is 0 Å². The SMILES string of the molecule is CCCCCCN(CC(N)=S)S(=O)(=O)Cc1ccc(Br)c(Br)c1F. The summed E-state index contributed by atoms with van der Waals surface area (Å²) in [4.78, 5) is 0.103. The van der Waals surface area contributed by atoms with Crippen molar-refractivity contribution in [2.75, 3.05) is 13.1 Å². The summed E-state index contributed by atoms with van der Waals surface area (Å²) in [5, 5.41) is 0. The maximum absolute atomic E-state index is 14.3. The largest absolute Gasteiger partial charge is 0.392 e. The van der Waals surface area contributed by atoms with Gasteiger partial charge in [-0.3, -0.25) is 0 Å². The van der Waals surface area contributed by atoms with Gasteiger partial charge in [-0.1, -0.05) is 44.5 Å². The molecule has 9 heteroatoms. The van der Waals surface area contributed by atoms with Gasteiger partial charge < -0.3 is 5.73 Å². The van der Waals surface area contributed by atoms with E-state index in [2.05, 4.69) is 38.8 Å².